The highest BCUT2D eigenvalue weighted by atomic mass is 32.2. The first kappa shape index (κ1) is 15.2. The molecule has 0 aromatic carbocycles. The first-order chi connectivity index (χ1) is 10.2. The standard InChI is InChI=1S/C14H19N3O4S/c1-13(19)6-8-17(9-13)10-3-2-7-16-11(10)22(20,21)14(4-5-14)12(15)18/h2-3,7,19H,4-6,8-9H2,1H3,(H2,15,18). The Hall–Kier alpha value is -1.67. The maximum Gasteiger partial charge on any atom is 0.239 e. The SMILES string of the molecule is CC1(O)CCN(c2cccnc2S(=O)(=O)C2(C(N)=O)CC2)C1. The molecule has 1 aromatic heterocycles. The van der Waals surface area contributed by atoms with Gasteiger partial charge in [-0.1, -0.05) is 0 Å². The van der Waals surface area contributed by atoms with Gasteiger partial charge < -0.3 is 15.7 Å². The predicted molar refractivity (Wildman–Crippen MR) is 80.0 cm³/mol. The zero-order chi connectivity index (χ0) is 16.2. The van der Waals surface area contributed by atoms with Gasteiger partial charge in [-0.2, -0.15) is 0 Å². The minimum absolute atomic E-state index is 0.121. The lowest BCUT2D eigenvalue weighted by Crippen LogP contribution is -2.39. The van der Waals surface area contributed by atoms with Crippen molar-refractivity contribution in [3.63, 3.8) is 0 Å². The van der Waals surface area contributed by atoms with E-state index in [2.05, 4.69) is 4.98 Å². The van der Waals surface area contributed by atoms with E-state index in [-0.39, 0.29) is 17.9 Å². The third-order valence-electron chi connectivity index (χ3n) is 4.47. The molecule has 1 aliphatic heterocycles. The number of carbonyl (C=O) groups excluding carboxylic acids is 1. The Morgan fingerprint density at radius 1 is 1.41 bits per heavy atom. The molecule has 3 N–H and O–H groups in total. The third kappa shape index (κ3) is 2.17. The fraction of sp³-hybridized carbons (Fsp3) is 0.571. The van der Waals surface area contributed by atoms with Gasteiger partial charge in [-0.15, -0.1) is 0 Å². The summed E-state index contributed by atoms with van der Waals surface area (Å²) in [4.78, 5) is 17.4. The third-order valence-corrected chi connectivity index (χ3v) is 6.93. The quantitative estimate of drug-likeness (QED) is 0.795. The van der Waals surface area contributed by atoms with Gasteiger partial charge in [-0.05, 0) is 38.3 Å². The molecular weight excluding hydrogens is 306 g/mol. The molecule has 120 valence electrons. The van der Waals surface area contributed by atoms with Crippen LogP contribution in [0.5, 0.6) is 0 Å². The Balaban J connectivity index is 2.05. The van der Waals surface area contributed by atoms with E-state index in [1.54, 1.807) is 24.0 Å². The molecule has 1 saturated heterocycles. The number of sulfone groups is 1. The van der Waals surface area contributed by atoms with Crippen LogP contribution in [0, 0.1) is 0 Å². The highest BCUT2D eigenvalue weighted by molar-refractivity contribution is 7.94. The van der Waals surface area contributed by atoms with E-state index >= 15 is 0 Å². The predicted octanol–water partition coefficient (Wildman–Crippen LogP) is -0.166. The van der Waals surface area contributed by atoms with Crippen molar-refractivity contribution in [2.24, 2.45) is 5.73 Å². The number of nitrogens with two attached hydrogens (primary N) is 1. The number of amides is 1. The second-order valence-electron chi connectivity index (χ2n) is 6.36. The minimum atomic E-state index is -3.94. The molecule has 1 unspecified atom stereocenters. The van der Waals surface area contributed by atoms with Crippen molar-refractivity contribution in [1.82, 2.24) is 4.98 Å². The van der Waals surface area contributed by atoms with E-state index in [4.69, 9.17) is 5.73 Å². The van der Waals surface area contributed by atoms with Crippen molar-refractivity contribution < 1.29 is 18.3 Å². The first-order valence-corrected chi connectivity index (χ1v) is 8.65. The van der Waals surface area contributed by atoms with Crippen LogP contribution in [0.25, 0.3) is 0 Å². The molecule has 2 heterocycles. The van der Waals surface area contributed by atoms with E-state index in [1.165, 1.54) is 6.20 Å². The summed E-state index contributed by atoms with van der Waals surface area (Å²) in [7, 11) is -3.94. The topological polar surface area (TPSA) is 114 Å². The number of primary amides is 1. The van der Waals surface area contributed by atoms with Crippen LogP contribution in [0.1, 0.15) is 26.2 Å². The van der Waals surface area contributed by atoms with Crippen molar-refractivity contribution in [2.75, 3.05) is 18.0 Å². The molecule has 1 atom stereocenters. The van der Waals surface area contributed by atoms with Crippen molar-refractivity contribution in [2.45, 2.75) is 41.6 Å². The number of aromatic nitrogens is 1. The normalized spacial score (nSPS) is 26.9. The van der Waals surface area contributed by atoms with Gasteiger partial charge in [-0.3, -0.25) is 4.79 Å². The molecular formula is C14H19N3O4S. The van der Waals surface area contributed by atoms with Gasteiger partial charge in [0.25, 0.3) is 0 Å². The van der Waals surface area contributed by atoms with E-state index in [9.17, 15) is 18.3 Å². The van der Waals surface area contributed by atoms with Crippen molar-refractivity contribution in [3.05, 3.63) is 18.3 Å². The summed E-state index contributed by atoms with van der Waals surface area (Å²) in [5.41, 5.74) is 4.86. The fourth-order valence-electron chi connectivity index (χ4n) is 2.93. The summed E-state index contributed by atoms with van der Waals surface area (Å²) in [5, 5.41) is 9.97. The molecule has 22 heavy (non-hydrogen) atoms. The summed E-state index contributed by atoms with van der Waals surface area (Å²) >= 11 is 0. The van der Waals surface area contributed by atoms with Gasteiger partial charge in [0.2, 0.25) is 15.7 Å². The van der Waals surface area contributed by atoms with Gasteiger partial charge in [-0.25, -0.2) is 13.4 Å². The highest BCUT2D eigenvalue weighted by Gasteiger charge is 2.61. The summed E-state index contributed by atoms with van der Waals surface area (Å²) in [6.45, 7) is 2.57. The van der Waals surface area contributed by atoms with Crippen molar-refractivity contribution in [3.8, 4) is 0 Å². The Morgan fingerprint density at radius 2 is 2.09 bits per heavy atom. The molecule has 1 aromatic rings. The number of pyridine rings is 1. The first-order valence-electron chi connectivity index (χ1n) is 7.17. The van der Waals surface area contributed by atoms with Crippen LogP contribution >= 0.6 is 0 Å². The van der Waals surface area contributed by atoms with Crippen molar-refractivity contribution in [1.29, 1.82) is 0 Å². The van der Waals surface area contributed by atoms with Crippen LogP contribution in [0.3, 0.4) is 0 Å². The molecule has 1 amide bonds. The monoisotopic (exact) mass is 325 g/mol. The molecule has 0 bridgehead atoms. The molecule has 2 aliphatic rings. The van der Waals surface area contributed by atoms with Gasteiger partial charge in [0.05, 0.1) is 11.3 Å². The lowest BCUT2D eigenvalue weighted by Gasteiger charge is -2.23. The number of hydrogen-bond donors (Lipinski definition) is 2. The molecule has 1 aliphatic carbocycles. The van der Waals surface area contributed by atoms with Crippen LogP contribution in [0.2, 0.25) is 0 Å². The van der Waals surface area contributed by atoms with E-state index in [1.807, 2.05) is 0 Å². The van der Waals surface area contributed by atoms with Crippen molar-refractivity contribution >= 4 is 21.4 Å². The minimum Gasteiger partial charge on any atom is -0.388 e. The number of β-amino-alcohol motifs (C(OH)–C–C–N with tert-alkyl or cyclic N) is 1. The largest absolute Gasteiger partial charge is 0.388 e. The molecule has 7 nitrogen and oxygen atoms in total. The van der Waals surface area contributed by atoms with Gasteiger partial charge >= 0.3 is 0 Å². The van der Waals surface area contributed by atoms with Crippen LogP contribution in [0.15, 0.2) is 23.4 Å². The van der Waals surface area contributed by atoms with Crippen LogP contribution in [0.4, 0.5) is 5.69 Å². The van der Waals surface area contributed by atoms with E-state index in [0.29, 0.717) is 25.2 Å². The average molecular weight is 325 g/mol. The number of nitrogens with zero attached hydrogens (tertiary/aromatic N) is 2. The lowest BCUT2D eigenvalue weighted by molar-refractivity contribution is -0.118. The average Bonchev–Trinajstić information content (AvgIpc) is 3.19. The van der Waals surface area contributed by atoms with Gasteiger partial charge in [0.1, 0.15) is 0 Å². The number of anilines is 1. The maximum absolute atomic E-state index is 12.8. The van der Waals surface area contributed by atoms with Gasteiger partial charge in [0, 0.05) is 19.3 Å². The number of aliphatic hydroxyl groups is 1. The summed E-state index contributed by atoms with van der Waals surface area (Å²) < 4.78 is 24.2. The number of rotatable bonds is 4. The van der Waals surface area contributed by atoms with E-state index in [0.717, 1.165) is 0 Å². The Bertz CT molecular complexity index is 725. The summed E-state index contributed by atoms with van der Waals surface area (Å²) in [6, 6.07) is 3.30. The van der Waals surface area contributed by atoms with Crippen LogP contribution in [-0.2, 0) is 14.6 Å². The molecule has 1 saturated carbocycles. The smallest absolute Gasteiger partial charge is 0.239 e. The Labute approximate surface area is 129 Å². The molecule has 8 heteroatoms. The zero-order valence-corrected chi connectivity index (χ0v) is 13.1. The number of hydrogen-bond acceptors (Lipinski definition) is 6. The second-order valence-corrected chi connectivity index (χ2v) is 8.53. The highest BCUT2D eigenvalue weighted by Crippen LogP contribution is 2.48. The molecule has 0 radical (unpaired) electrons. The maximum atomic E-state index is 12.8. The van der Waals surface area contributed by atoms with Crippen LogP contribution < -0.4 is 10.6 Å². The molecule has 3 rings (SSSR count). The summed E-state index contributed by atoms with van der Waals surface area (Å²) in [6.07, 6.45) is 2.40. The number of carbonyl (C=O) groups is 1. The second kappa shape index (κ2) is 4.66. The Morgan fingerprint density at radius 3 is 2.59 bits per heavy atom. The molecule has 2 fully saturated rings. The summed E-state index contributed by atoms with van der Waals surface area (Å²) in [5.74, 6) is -0.822. The molecule has 0 spiro atoms. The fourth-order valence-corrected chi connectivity index (χ4v) is 4.87. The lowest BCUT2D eigenvalue weighted by atomic mass is 10.1. The Kier molecular flexibility index (Phi) is 3.23. The van der Waals surface area contributed by atoms with Crippen LogP contribution in [-0.4, -0.2) is 47.9 Å². The van der Waals surface area contributed by atoms with Gasteiger partial charge in [0.15, 0.2) is 9.77 Å². The van der Waals surface area contributed by atoms with E-state index < -0.39 is 26.1 Å². The zero-order valence-electron chi connectivity index (χ0n) is 12.3.